The fourth-order valence-electron chi connectivity index (χ4n) is 3.47. The van der Waals surface area contributed by atoms with Crippen molar-refractivity contribution in [2.75, 3.05) is 6.61 Å². The SMILES string of the molecule is Cc1c(C(=O)OCCC2CCCC(C)C2)cnn1CCC(C)C. The second-order valence-corrected chi connectivity index (χ2v) is 7.61. The van der Waals surface area contributed by atoms with Gasteiger partial charge in [-0.1, -0.05) is 40.0 Å². The second kappa shape index (κ2) is 8.51. The van der Waals surface area contributed by atoms with Crippen LogP contribution in [0.15, 0.2) is 6.20 Å². The van der Waals surface area contributed by atoms with Crippen LogP contribution in [0.2, 0.25) is 0 Å². The highest BCUT2D eigenvalue weighted by molar-refractivity contribution is 5.90. The molecule has 0 aromatic carbocycles. The average Bonchev–Trinajstić information content (AvgIpc) is 2.86. The maximum atomic E-state index is 12.2. The van der Waals surface area contributed by atoms with Gasteiger partial charge in [0.15, 0.2) is 0 Å². The summed E-state index contributed by atoms with van der Waals surface area (Å²) in [5.41, 5.74) is 1.53. The summed E-state index contributed by atoms with van der Waals surface area (Å²) < 4.78 is 7.41. The number of aryl methyl sites for hydroxylation is 1. The van der Waals surface area contributed by atoms with Crippen LogP contribution in [-0.4, -0.2) is 22.4 Å². The van der Waals surface area contributed by atoms with Crippen LogP contribution in [0.3, 0.4) is 0 Å². The highest BCUT2D eigenvalue weighted by atomic mass is 16.5. The fourth-order valence-corrected chi connectivity index (χ4v) is 3.47. The van der Waals surface area contributed by atoms with Gasteiger partial charge in [0.05, 0.1) is 12.8 Å². The first-order valence-electron chi connectivity index (χ1n) is 9.17. The van der Waals surface area contributed by atoms with Gasteiger partial charge in [0, 0.05) is 12.2 Å². The molecule has 1 aromatic heterocycles. The Labute approximate surface area is 140 Å². The van der Waals surface area contributed by atoms with Gasteiger partial charge in [-0.2, -0.15) is 5.10 Å². The molecule has 1 fully saturated rings. The Hall–Kier alpha value is -1.32. The first kappa shape index (κ1) is 18.0. The smallest absolute Gasteiger partial charge is 0.341 e. The summed E-state index contributed by atoms with van der Waals surface area (Å²) in [4.78, 5) is 12.2. The topological polar surface area (TPSA) is 44.1 Å². The molecular weight excluding hydrogens is 288 g/mol. The highest BCUT2D eigenvalue weighted by Crippen LogP contribution is 2.30. The second-order valence-electron chi connectivity index (χ2n) is 7.61. The number of carbonyl (C=O) groups excluding carboxylic acids is 1. The van der Waals surface area contributed by atoms with E-state index in [-0.39, 0.29) is 5.97 Å². The van der Waals surface area contributed by atoms with Crippen LogP contribution in [0.25, 0.3) is 0 Å². The predicted molar refractivity (Wildman–Crippen MR) is 92.4 cm³/mol. The number of rotatable bonds is 7. The third kappa shape index (κ3) is 5.36. The lowest BCUT2D eigenvalue weighted by atomic mass is 9.81. The Bertz CT molecular complexity index is 507. The molecule has 0 saturated heterocycles. The van der Waals surface area contributed by atoms with Crippen molar-refractivity contribution in [3.63, 3.8) is 0 Å². The Morgan fingerprint density at radius 3 is 2.91 bits per heavy atom. The summed E-state index contributed by atoms with van der Waals surface area (Å²) in [6, 6.07) is 0. The van der Waals surface area contributed by atoms with Crippen LogP contribution < -0.4 is 0 Å². The molecule has 23 heavy (non-hydrogen) atoms. The molecule has 1 heterocycles. The molecule has 1 aliphatic rings. The van der Waals surface area contributed by atoms with Crippen LogP contribution >= 0.6 is 0 Å². The van der Waals surface area contributed by atoms with E-state index in [4.69, 9.17) is 4.74 Å². The van der Waals surface area contributed by atoms with Crippen LogP contribution in [0, 0.1) is 24.7 Å². The number of hydrogen-bond acceptors (Lipinski definition) is 3. The molecule has 0 bridgehead atoms. The molecule has 0 N–H and O–H groups in total. The first-order valence-corrected chi connectivity index (χ1v) is 9.17. The molecule has 2 atom stereocenters. The Kier molecular flexibility index (Phi) is 6.67. The van der Waals surface area contributed by atoms with Gasteiger partial charge in [-0.05, 0) is 43.9 Å². The van der Waals surface area contributed by atoms with Crippen LogP contribution in [-0.2, 0) is 11.3 Å². The molecule has 0 amide bonds. The molecule has 1 aromatic rings. The minimum atomic E-state index is -0.220. The Morgan fingerprint density at radius 2 is 2.22 bits per heavy atom. The zero-order valence-electron chi connectivity index (χ0n) is 15.2. The summed E-state index contributed by atoms with van der Waals surface area (Å²) in [6.07, 6.45) is 8.96. The number of nitrogens with zero attached hydrogens (tertiary/aromatic N) is 2. The van der Waals surface area contributed by atoms with Crippen molar-refractivity contribution in [3.8, 4) is 0 Å². The van der Waals surface area contributed by atoms with Gasteiger partial charge >= 0.3 is 5.97 Å². The fraction of sp³-hybridized carbons (Fsp3) is 0.789. The summed E-state index contributed by atoms with van der Waals surface area (Å²) >= 11 is 0. The van der Waals surface area contributed by atoms with Crippen molar-refractivity contribution in [3.05, 3.63) is 17.5 Å². The lowest BCUT2D eigenvalue weighted by Gasteiger charge is -2.26. The maximum absolute atomic E-state index is 12.2. The summed E-state index contributed by atoms with van der Waals surface area (Å²) in [5, 5.41) is 4.33. The van der Waals surface area contributed by atoms with Crippen molar-refractivity contribution < 1.29 is 9.53 Å². The molecular formula is C19H32N2O2. The van der Waals surface area contributed by atoms with Gasteiger partial charge < -0.3 is 4.74 Å². The van der Waals surface area contributed by atoms with E-state index in [1.807, 2.05) is 11.6 Å². The summed E-state index contributed by atoms with van der Waals surface area (Å²) in [5.74, 6) is 1.96. The van der Waals surface area contributed by atoms with Crippen molar-refractivity contribution in [2.24, 2.45) is 17.8 Å². The van der Waals surface area contributed by atoms with E-state index >= 15 is 0 Å². The van der Waals surface area contributed by atoms with Crippen LogP contribution in [0.5, 0.6) is 0 Å². The lowest BCUT2D eigenvalue weighted by Crippen LogP contribution is -2.16. The van der Waals surface area contributed by atoms with Crippen molar-refractivity contribution in [1.82, 2.24) is 9.78 Å². The molecule has 4 nitrogen and oxygen atoms in total. The number of hydrogen-bond donors (Lipinski definition) is 0. The van der Waals surface area contributed by atoms with Crippen LogP contribution in [0.4, 0.5) is 0 Å². The maximum Gasteiger partial charge on any atom is 0.341 e. The van der Waals surface area contributed by atoms with Crippen molar-refractivity contribution in [1.29, 1.82) is 0 Å². The third-order valence-electron chi connectivity index (χ3n) is 5.05. The zero-order chi connectivity index (χ0) is 16.8. The molecule has 130 valence electrons. The van der Waals surface area contributed by atoms with E-state index < -0.39 is 0 Å². The minimum Gasteiger partial charge on any atom is -0.462 e. The monoisotopic (exact) mass is 320 g/mol. The minimum absolute atomic E-state index is 0.220. The number of carbonyl (C=O) groups is 1. The largest absolute Gasteiger partial charge is 0.462 e. The van der Waals surface area contributed by atoms with Crippen molar-refractivity contribution >= 4 is 5.97 Å². The molecule has 1 aliphatic carbocycles. The summed E-state index contributed by atoms with van der Waals surface area (Å²) in [7, 11) is 0. The molecule has 2 rings (SSSR count). The van der Waals surface area contributed by atoms with E-state index in [0.29, 0.717) is 18.1 Å². The van der Waals surface area contributed by atoms with E-state index in [0.717, 1.165) is 36.9 Å². The van der Waals surface area contributed by atoms with E-state index in [1.165, 1.54) is 25.7 Å². The molecule has 1 saturated carbocycles. The molecule has 4 heteroatoms. The normalized spacial score (nSPS) is 21.6. The van der Waals surface area contributed by atoms with E-state index in [1.54, 1.807) is 6.20 Å². The number of aromatic nitrogens is 2. The molecule has 0 radical (unpaired) electrons. The molecule has 0 spiro atoms. The zero-order valence-corrected chi connectivity index (χ0v) is 15.2. The number of esters is 1. The van der Waals surface area contributed by atoms with Gasteiger partial charge in [-0.3, -0.25) is 4.68 Å². The molecule has 2 unspecified atom stereocenters. The Balaban J connectivity index is 1.79. The highest BCUT2D eigenvalue weighted by Gasteiger charge is 2.20. The Morgan fingerprint density at radius 1 is 1.43 bits per heavy atom. The van der Waals surface area contributed by atoms with E-state index in [2.05, 4.69) is 25.9 Å². The third-order valence-corrected chi connectivity index (χ3v) is 5.05. The van der Waals surface area contributed by atoms with Crippen molar-refractivity contribution in [2.45, 2.75) is 72.8 Å². The number of ether oxygens (including phenoxy) is 1. The van der Waals surface area contributed by atoms with Gasteiger partial charge in [-0.25, -0.2) is 4.79 Å². The summed E-state index contributed by atoms with van der Waals surface area (Å²) in [6.45, 7) is 10.1. The predicted octanol–water partition coefficient (Wildman–Crippen LogP) is 4.61. The lowest BCUT2D eigenvalue weighted by molar-refractivity contribution is 0.0468. The molecule has 0 aliphatic heterocycles. The van der Waals surface area contributed by atoms with E-state index in [9.17, 15) is 4.79 Å². The van der Waals surface area contributed by atoms with Crippen LogP contribution in [0.1, 0.15) is 75.3 Å². The van der Waals surface area contributed by atoms with Gasteiger partial charge in [0.2, 0.25) is 0 Å². The first-order chi connectivity index (χ1) is 11.0. The quantitative estimate of drug-likeness (QED) is 0.689. The average molecular weight is 320 g/mol. The van der Waals surface area contributed by atoms with Gasteiger partial charge in [0.1, 0.15) is 5.56 Å². The van der Waals surface area contributed by atoms with Gasteiger partial charge in [0.25, 0.3) is 0 Å². The standard InChI is InChI=1S/C19H32N2O2/c1-14(2)8-10-21-16(4)18(13-20-21)19(22)23-11-9-17-7-5-6-15(3)12-17/h13-15,17H,5-12H2,1-4H3. The van der Waals surface area contributed by atoms with Gasteiger partial charge in [-0.15, -0.1) is 0 Å².